The van der Waals surface area contributed by atoms with E-state index in [0.717, 1.165) is 78.6 Å². The average Bonchev–Trinajstić information content (AvgIpc) is 3.93. The van der Waals surface area contributed by atoms with Gasteiger partial charge in [-0.1, -0.05) is 13.0 Å². The minimum absolute atomic E-state index is 0.0203. The van der Waals surface area contributed by atoms with E-state index in [0.29, 0.717) is 34.3 Å². The normalized spacial score (nSPS) is 21.7. The molecule has 4 aromatic rings. The summed E-state index contributed by atoms with van der Waals surface area (Å²) in [5.41, 5.74) is 4.37. The first-order valence-corrected chi connectivity index (χ1v) is 16.1. The molecule has 45 heavy (non-hydrogen) atoms. The van der Waals surface area contributed by atoms with Gasteiger partial charge in [-0.3, -0.25) is 19.1 Å². The molecule has 4 fully saturated rings. The van der Waals surface area contributed by atoms with Gasteiger partial charge >= 0.3 is 0 Å². The Hall–Kier alpha value is -3.92. The number of piperidine rings is 1. The van der Waals surface area contributed by atoms with Crippen LogP contribution in [0.15, 0.2) is 47.4 Å². The number of aromatic amines is 1. The second kappa shape index (κ2) is 10.6. The number of likely N-dealkylation sites (tertiary alicyclic amines) is 2. The Kier molecular flexibility index (Phi) is 6.71. The van der Waals surface area contributed by atoms with Gasteiger partial charge < -0.3 is 9.88 Å². The number of fused-ring (bicyclic) bond motifs is 1. The highest BCUT2D eigenvalue weighted by Crippen LogP contribution is 2.44. The number of nitrogens with zero attached hydrogens (tertiary/aromatic N) is 4. The SMILES string of the molecule is C[C@H]1CCCN(Cc2cc3c(C4CC4)cn(-c4cc(-c5ccc(F)cc5C(=O)N5CC(F)(F)C5)cc(C5CC5)n4)c(=O)c3[nH]2)C1. The quantitative estimate of drug-likeness (QED) is 0.254. The van der Waals surface area contributed by atoms with Crippen LogP contribution in [0.25, 0.3) is 27.8 Å². The van der Waals surface area contributed by atoms with Crippen molar-refractivity contribution in [2.24, 2.45) is 5.92 Å². The van der Waals surface area contributed by atoms with Crippen molar-refractivity contribution in [3.05, 3.63) is 81.3 Å². The molecule has 0 radical (unpaired) electrons. The Morgan fingerprint density at radius 1 is 1.04 bits per heavy atom. The van der Waals surface area contributed by atoms with Crippen LogP contribution in [0.4, 0.5) is 13.2 Å². The predicted molar refractivity (Wildman–Crippen MR) is 166 cm³/mol. The average molecular weight is 616 g/mol. The maximum atomic E-state index is 14.4. The molecule has 10 heteroatoms. The molecule has 8 rings (SSSR count). The monoisotopic (exact) mass is 615 g/mol. The van der Waals surface area contributed by atoms with Crippen LogP contribution in [0.5, 0.6) is 0 Å². The summed E-state index contributed by atoms with van der Waals surface area (Å²) in [7, 11) is 0. The summed E-state index contributed by atoms with van der Waals surface area (Å²) < 4.78 is 43.3. The van der Waals surface area contributed by atoms with Crippen LogP contribution in [0.3, 0.4) is 0 Å². The molecule has 4 aliphatic rings. The summed E-state index contributed by atoms with van der Waals surface area (Å²) in [6.45, 7) is 3.77. The lowest BCUT2D eigenvalue weighted by atomic mass is 9.96. The first-order chi connectivity index (χ1) is 21.6. The number of rotatable bonds is 7. The van der Waals surface area contributed by atoms with Crippen molar-refractivity contribution in [2.45, 2.75) is 69.8 Å². The third-order valence-corrected chi connectivity index (χ3v) is 9.77. The van der Waals surface area contributed by atoms with Gasteiger partial charge in [0.2, 0.25) is 0 Å². The second-order valence-electron chi connectivity index (χ2n) is 13.7. The van der Waals surface area contributed by atoms with Gasteiger partial charge in [0.1, 0.15) is 17.2 Å². The van der Waals surface area contributed by atoms with Crippen molar-refractivity contribution in [3.8, 4) is 16.9 Å². The fourth-order valence-corrected chi connectivity index (χ4v) is 7.12. The maximum Gasteiger partial charge on any atom is 0.282 e. The summed E-state index contributed by atoms with van der Waals surface area (Å²) in [6, 6.07) is 9.66. The Labute approximate surface area is 259 Å². The van der Waals surface area contributed by atoms with Crippen molar-refractivity contribution in [2.75, 3.05) is 26.2 Å². The summed E-state index contributed by atoms with van der Waals surface area (Å²) in [6.07, 6.45) is 8.40. The molecule has 2 aliphatic heterocycles. The molecule has 5 heterocycles. The van der Waals surface area contributed by atoms with E-state index < -0.39 is 30.7 Å². The number of carbonyl (C=O) groups excluding carboxylic acids is 1. The van der Waals surface area contributed by atoms with Crippen molar-refractivity contribution < 1.29 is 18.0 Å². The number of hydrogen-bond acceptors (Lipinski definition) is 4. The largest absolute Gasteiger partial charge is 0.353 e. The van der Waals surface area contributed by atoms with Crippen molar-refractivity contribution in [1.29, 1.82) is 0 Å². The van der Waals surface area contributed by atoms with E-state index in [-0.39, 0.29) is 17.0 Å². The van der Waals surface area contributed by atoms with E-state index in [2.05, 4.69) is 22.9 Å². The number of H-pyrrole nitrogens is 1. The zero-order valence-corrected chi connectivity index (χ0v) is 25.3. The zero-order chi connectivity index (χ0) is 31.0. The Balaban J connectivity index is 1.22. The van der Waals surface area contributed by atoms with Crippen LogP contribution in [0.1, 0.15) is 84.6 Å². The smallest absolute Gasteiger partial charge is 0.282 e. The topological polar surface area (TPSA) is 74.2 Å². The van der Waals surface area contributed by atoms with Gasteiger partial charge in [-0.2, -0.15) is 0 Å². The molecule has 1 aromatic carbocycles. The number of halogens is 3. The van der Waals surface area contributed by atoms with E-state index in [1.807, 2.05) is 12.3 Å². The molecular formula is C35H36F3N5O2. The zero-order valence-electron chi connectivity index (χ0n) is 25.3. The summed E-state index contributed by atoms with van der Waals surface area (Å²) in [4.78, 5) is 39.3. The third-order valence-electron chi connectivity index (χ3n) is 9.77. The lowest BCUT2D eigenvalue weighted by Gasteiger charge is -2.39. The summed E-state index contributed by atoms with van der Waals surface area (Å²) in [5, 5.41) is 0.968. The molecule has 0 unspecified atom stereocenters. The molecule has 1 amide bonds. The molecule has 0 bridgehead atoms. The number of hydrogen-bond donors (Lipinski definition) is 1. The van der Waals surface area contributed by atoms with Crippen LogP contribution >= 0.6 is 0 Å². The molecule has 1 atom stereocenters. The van der Waals surface area contributed by atoms with E-state index in [4.69, 9.17) is 4.98 Å². The lowest BCUT2D eigenvalue weighted by molar-refractivity contribution is -0.113. The molecule has 234 valence electrons. The van der Waals surface area contributed by atoms with Gasteiger partial charge in [0.15, 0.2) is 0 Å². The third kappa shape index (κ3) is 5.47. The van der Waals surface area contributed by atoms with E-state index >= 15 is 0 Å². The van der Waals surface area contributed by atoms with E-state index in [1.165, 1.54) is 25.0 Å². The number of pyridine rings is 2. The standard InChI is InChI=1S/C35H36F3N5O2/c1-20-3-2-10-41(15-20)16-25-14-27-29(21-4-5-21)17-43(34(45)32(27)39-25)31-12-23(11-30(40-31)22-6-7-22)26-9-8-24(36)13-28(26)33(44)42-18-35(37,38)19-42/h8-9,11-14,17,20-22,39H,2-7,10,15-16,18-19H2,1H3/t20-/m0/s1. The second-order valence-corrected chi connectivity index (χ2v) is 13.7. The number of aromatic nitrogens is 3. The Morgan fingerprint density at radius 2 is 1.82 bits per heavy atom. The highest BCUT2D eigenvalue weighted by atomic mass is 19.3. The van der Waals surface area contributed by atoms with Crippen molar-refractivity contribution in [1.82, 2.24) is 24.3 Å². The van der Waals surface area contributed by atoms with Gasteiger partial charge in [0.05, 0.1) is 18.7 Å². The fraction of sp³-hybridized carbons (Fsp3) is 0.457. The molecule has 7 nitrogen and oxygen atoms in total. The molecular weight excluding hydrogens is 579 g/mol. The highest BCUT2D eigenvalue weighted by molar-refractivity contribution is 6.01. The maximum absolute atomic E-state index is 14.4. The minimum Gasteiger partial charge on any atom is -0.353 e. The first-order valence-electron chi connectivity index (χ1n) is 16.1. The predicted octanol–water partition coefficient (Wildman–Crippen LogP) is 6.60. The van der Waals surface area contributed by atoms with Crippen molar-refractivity contribution in [3.63, 3.8) is 0 Å². The van der Waals surface area contributed by atoms with E-state index in [9.17, 15) is 22.8 Å². The lowest BCUT2D eigenvalue weighted by Crippen LogP contribution is -2.58. The van der Waals surface area contributed by atoms with Crippen LogP contribution in [0.2, 0.25) is 0 Å². The summed E-state index contributed by atoms with van der Waals surface area (Å²) in [5.74, 6) is -2.51. The first kappa shape index (κ1) is 28.5. The van der Waals surface area contributed by atoms with Gasteiger partial charge in [-0.25, -0.2) is 18.2 Å². The van der Waals surface area contributed by atoms with Crippen LogP contribution in [0, 0.1) is 11.7 Å². The van der Waals surface area contributed by atoms with Crippen molar-refractivity contribution >= 4 is 16.8 Å². The molecule has 0 spiro atoms. The fourth-order valence-electron chi connectivity index (χ4n) is 7.12. The van der Waals surface area contributed by atoms with Gasteiger partial charge in [-0.05, 0) is 104 Å². The minimum atomic E-state index is -2.94. The number of amides is 1. The van der Waals surface area contributed by atoms with E-state index in [1.54, 1.807) is 10.6 Å². The van der Waals surface area contributed by atoms with Gasteiger partial charge in [0.25, 0.3) is 17.4 Å². The number of nitrogens with one attached hydrogen (secondary N) is 1. The highest BCUT2D eigenvalue weighted by Gasteiger charge is 2.46. The Morgan fingerprint density at radius 3 is 2.53 bits per heavy atom. The Bertz CT molecular complexity index is 1880. The number of alkyl halides is 2. The number of carbonyl (C=O) groups is 1. The summed E-state index contributed by atoms with van der Waals surface area (Å²) >= 11 is 0. The van der Waals surface area contributed by atoms with Crippen LogP contribution in [-0.2, 0) is 6.54 Å². The molecule has 2 saturated carbocycles. The van der Waals surface area contributed by atoms with Crippen LogP contribution in [-0.4, -0.2) is 62.3 Å². The number of benzene rings is 1. The molecule has 3 aromatic heterocycles. The van der Waals surface area contributed by atoms with Crippen LogP contribution < -0.4 is 5.56 Å². The van der Waals surface area contributed by atoms with Gasteiger partial charge in [0, 0.05) is 42.0 Å². The molecule has 2 saturated heterocycles. The molecule has 2 aliphatic carbocycles. The molecule has 1 N–H and O–H groups in total. The van der Waals surface area contributed by atoms with Gasteiger partial charge in [-0.15, -0.1) is 0 Å².